The number of ether oxygens (including phenoxy) is 1. The van der Waals surface area contributed by atoms with Crippen LogP contribution in [-0.4, -0.2) is 21.8 Å². The molecule has 0 spiro atoms. The molecular weight excluding hydrogens is 280 g/mol. The molecule has 4 nitrogen and oxygen atoms in total. The molecule has 0 saturated heterocycles. The van der Waals surface area contributed by atoms with Gasteiger partial charge in [-0.2, -0.15) is 0 Å². The number of benzene rings is 1. The van der Waals surface area contributed by atoms with Crippen LogP contribution in [0.3, 0.4) is 0 Å². The Bertz CT molecular complexity index is 608. The lowest BCUT2D eigenvalue weighted by Gasteiger charge is -2.39. The quantitative estimate of drug-likeness (QED) is 0.892. The summed E-state index contributed by atoms with van der Waals surface area (Å²) in [5.74, 6) is 0.917. The monoisotopic (exact) mass is 304 g/mol. The number of phenols is 1. The summed E-state index contributed by atoms with van der Waals surface area (Å²) in [6.45, 7) is 4.19. The molecule has 0 unspecified atom stereocenters. The Kier molecular flexibility index (Phi) is 3.79. The van der Waals surface area contributed by atoms with Crippen molar-refractivity contribution >= 4 is 5.97 Å². The summed E-state index contributed by atoms with van der Waals surface area (Å²) in [4.78, 5) is 10.9. The zero-order chi connectivity index (χ0) is 15.9. The molecule has 22 heavy (non-hydrogen) atoms. The lowest BCUT2D eigenvalue weighted by atomic mass is 9.79. The van der Waals surface area contributed by atoms with Crippen molar-refractivity contribution in [1.29, 1.82) is 0 Å². The van der Waals surface area contributed by atoms with Crippen molar-refractivity contribution in [3.63, 3.8) is 0 Å². The van der Waals surface area contributed by atoms with Gasteiger partial charge in [-0.05, 0) is 63.0 Å². The zero-order valence-electron chi connectivity index (χ0n) is 13.3. The van der Waals surface area contributed by atoms with E-state index in [0.29, 0.717) is 18.1 Å². The Morgan fingerprint density at radius 2 is 2.23 bits per heavy atom. The van der Waals surface area contributed by atoms with Gasteiger partial charge in [-0.1, -0.05) is 6.92 Å². The summed E-state index contributed by atoms with van der Waals surface area (Å²) in [7, 11) is 0. The Balaban J connectivity index is 1.97. The zero-order valence-corrected chi connectivity index (χ0v) is 13.3. The minimum atomic E-state index is -0.781. The fourth-order valence-electron chi connectivity index (χ4n) is 3.83. The van der Waals surface area contributed by atoms with Crippen molar-refractivity contribution in [2.45, 2.75) is 70.3 Å². The van der Waals surface area contributed by atoms with Gasteiger partial charge in [0.2, 0.25) is 0 Å². The third-order valence-corrected chi connectivity index (χ3v) is 5.18. The fraction of sp³-hybridized carbons (Fsp3) is 0.611. The summed E-state index contributed by atoms with van der Waals surface area (Å²) in [6, 6.07) is 1.85. The minimum Gasteiger partial charge on any atom is -0.508 e. The number of carbonyl (C=O) groups is 1. The van der Waals surface area contributed by atoms with Crippen LogP contribution in [0.15, 0.2) is 6.07 Å². The van der Waals surface area contributed by atoms with Gasteiger partial charge in [0.05, 0.1) is 0 Å². The van der Waals surface area contributed by atoms with Crippen molar-refractivity contribution in [1.82, 2.24) is 0 Å². The number of aliphatic carboxylic acids is 1. The number of hydrogen-bond donors (Lipinski definition) is 2. The highest BCUT2D eigenvalue weighted by atomic mass is 16.5. The first-order valence-electron chi connectivity index (χ1n) is 8.18. The van der Waals surface area contributed by atoms with Crippen LogP contribution in [-0.2, 0) is 17.6 Å². The van der Waals surface area contributed by atoms with Gasteiger partial charge in [0, 0.05) is 17.5 Å². The van der Waals surface area contributed by atoms with Crippen LogP contribution < -0.4 is 4.74 Å². The van der Waals surface area contributed by atoms with Gasteiger partial charge in [-0.15, -0.1) is 0 Å². The maximum Gasteiger partial charge on any atom is 0.303 e. The first-order chi connectivity index (χ1) is 10.4. The molecule has 0 fully saturated rings. The predicted octanol–water partition coefficient (Wildman–Crippen LogP) is 3.78. The van der Waals surface area contributed by atoms with Crippen molar-refractivity contribution in [2.24, 2.45) is 0 Å². The maximum atomic E-state index is 10.9. The average molecular weight is 304 g/mol. The third-order valence-electron chi connectivity index (χ3n) is 5.18. The summed E-state index contributed by atoms with van der Waals surface area (Å²) in [6.07, 6.45) is 5.37. The summed E-state index contributed by atoms with van der Waals surface area (Å²) < 4.78 is 6.32. The van der Waals surface area contributed by atoms with E-state index in [4.69, 9.17) is 9.84 Å². The lowest BCUT2D eigenvalue weighted by molar-refractivity contribution is -0.138. The van der Waals surface area contributed by atoms with Gasteiger partial charge < -0.3 is 14.9 Å². The van der Waals surface area contributed by atoms with E-state index in [-0.39, 0.29) is 6.42 Å². The normalized spacial score (nSPS) is 26.7. The van der Waals surface area contributed by atoms with E-state index in [1.807, 2.05) is 13.0 Å². The molecule has 0 bridgehead atoms. The van der Waals surface area contributed by atoms with E-state index >= 15 is 0 Å². The van der Waals surface area contributed by atoms with E-state index in [2.05, 4.69) is 6.92 Å². The molecule has 120 valence electrons. The van der Waals surface area contributed by atoms with Crippen LogP contribution >= 0.6 is 0 Å². The molecule has 0 aromatic heterocycles. The second kappa shape index (κ2) is 5.49. The van der Waals surface area contributed by atoms with Crippen LogP contribution in [0, 0.1) is 0 Å². The van der Waals surface area contributed by atoms with E-state index in [0.717, 1.165) is 54.5 Å². The number of carboxylic acids is 1. The maximum absolute atomic E-state index is 10.9. The Morgan fingerprint density at radius 1 is 1.45 bits per heavy atom. The van der Waals surface area contributed by atoms with E-state index in [1.165, 1.54) is 0 Å². The van der Waals surface area contributed by atoms with E-state index < -0.39 is 11.6 Å². The SMILES string of the molecule is C[C@@H]1CCCc2c(O)cc3c(c21)O[C@@](C)(CCC(=O)O)CC3. The first-order valence-corrected chi connectivity index (χ1v) is 8.18. The molecule has 4 heteroatoms. The van der Waals surface area contributed by atoms with Gasteiger partial charge in [0.15, 0.2) is 0 Å². The van der Waals surface area contributed by atoms with Crippen molar-refractivity contribution in [2.75, 3.05) is 0 Å². The van der Waals surface area contributed by atoms with Gasteiger partial charge >= 0.3 is 5.97 Å². The fourth-order valence-corrected chi connectivity index (χ4v) is 3.83. The molecule has 2 N–H and O–H groups in total. The number of carboxylic acid groups (broad SMARTS) is 1. The first kappa shape index (κ1) is 15.2. The predicted molar refractivity (Wildman–Crippen MR) is 83.7 cm³/mol. The largest absolute Gasteiger partial charge is 0.508 e. The average Bonchev–Trinajstić information content (AvgIpc) is 2.47. The molecule has 1 aromatic carbocycles. The van der Waals surface area contributed by atoms with Crippen molar-refractivity contribution in [3.8, 4) is 11.5 Å². The summed E-state index contributed by atoms with van der Waals surface area (Å²) in [5.41, 5.74) is 2.83. The van der Waals surface area contributed by atoms with E-state index in [1.54, 1.807) is 0 Å². The molecule has 2 atom stereocenters. The number of rotatable bonds is 3. The minimum absolute atomic E-state index is 0.127. The Morgan fingerprint density at radius 3 is 2.95 bits per heavy atom. The number of aryl methyl sites for hydroxylation is 1. The highest BCUT2D eigenvalue weighted by Gasteiger charge is 2.36. The number of aromatic hydroxyl groups is 1. The van der Waals surface area contributed by atoms with Crippen molar-refractivity contribution in [3.05, 3.63) is 22.8 Å². The molecule has 1 aliphatic carbocycles. The Hall–Kier alpha value is -1.71. The van der Waals surface area contributed by atoms with Gasteiger partial charge in [0.1, 0.15) is 17.1 Å². The Labute approximate surface area is 131 Å². The molecule has 0 saturated carbocycles. The molecule has 1 aliphatic heterocycles. The number of hydrogen-bond acceptors (Lipinski definition) is 3. The highest BCUT2D eigenvalue weighted by Crippen LogP contribution is 2.48. The molecule has 0 amide bonds. The smallest absolute Gasteiger partial charge is 0.303 e. The molecular formula is C18H24O4. The number of fused-ring (bicyclic) bond motifs is 3. The van der Waals surface area contributed by atoms with Crippen molar-refractivity contribution < 1.29 is 19.7 Å². The second-order valence-corrected chi connectivity index (χ2v) is 7.02. The van der Waals surface area contributed by atoms with Gasteiger partial charge in [-0.25, -0.2) is 0 Å². The molecule has 0 radical (unpaired) electrons. The molecule has 3 rings (SSSR count). The second-order valence-electron chi connectivity index (χ2n) is 7.02. The van der Waals surface area contributed by atoms with Crippen LogP contribution in [0.1, 0.15) is 68.6 Å². The highest BCUT2D eigenvalue weighted by molar-refractivity contribution is 5.66. The molecule has 2 aliphatic rings. The lowest BCUT2D eigenvalue weighted by Crippen LogP contribution is -2.37. The molecule has 1 aromatic rings. The standard InChI is InChI=1S/C18H24O4/c1-11-4-3-5-13-14(19)10-12-6-8-18(2,9-7-15(20)21)22-17(12)16(11)13/h10-11,19H,3-9H2,1-2H3,(H,20,21)/t11-,18-/m1/s1. The number of phenolic OH excluding ortho intramolecular Hbond substituents is 1. The van der Waals surface area contributed by atoms with Gasteiger partial charge in [-0.3, -0.25) is 4.79 Å². The van der Waals surface area contributed by atoms with Gasteiger partial charge in [0.25, 0.3) is 0 Å². The van der Waals surface area contributed by atoms with Crippen LogP contribution in [0.4, 0.5) is 0 Å². The van der Waals surface area contributed by atoms with E-state index in [9.17, 15) is 9.90 Å². The van der Waals surface area contributed by atoms with Crippen LogP contribution in [0.5, 0.6) is 11.5 Å². The topological polar surface area (TPSA) is 66.8 Å². The van der Waals surface area contributed by atoms with Crippen LogP contribution in [0.2, 0.25) is 0 Å². The third kappa shape index (κ3) is 2.67. The summed E-state index contributed by atoms with van der Waals surface area (Å²) >= 11 is 0. The summed E-state index contributed by atoms with van der Waals surface area (Å²) in [5, 5.41) is 19.2. The molecule has 1 heterocycles. The van der Waals surface area contributed by atoms with Crippen LogP contribution in [0.25, 0.3) is 0 Å².